The van der Waals surface area contributed by atoms with Crippen LogP contribution in [0.2, 0.25) is 5.02 Å². The lowest BCUT2D eigenvalue weighted by molar-refractivity contribution is 0.389. The number of hydrogen-bond donors (Lipinski definition) is 1. The van der Waals surface area contributed by atoms with Crippen molar-refractivity contribution in [1.29, 1.82) is 10.5 Å². The SMILES string of the molecule is N#Cc1ccc(Cl)cc1NC1CCCCC1C#N. The van der Waals surface area contributed by atoms with Crippen LogP contribution in [0.4, 0.5) is 5.69 Å². The van der Waals surface area contributed by atoms with Crippen LogP contribution in [0, 0.1) is 28.6 Å². The predicted octanol–water partition coefficient (Wildman–Crippen LogP) is 3.71. The third-order valence-corrected chi connectivity index (χ3v) is 3.61. The molecule has 0 heterocycles. The van der Waals surface area contributed by atoms with Crippen molar-refractivity contribution in [2.24, 2.45) is 5.92 Å². The summed E-state index contributed by atoms with van der Waals surface area (Å²) in [5, 5.41) is 22.1. The molecule has 1 aromatic carbocycles. The Labute approximate surface area is 112 Å². The third kappa shape index (κ3) is 2.75. The van der Waals surface area contributed by atoms with E-state index in [1.54, 1.807) is 18.2 Å². The van der Waals surface area contributed by atoms with Crippen LogP contribution in [-0.2, 0) is 0 Å². The van der Waals surface area contributed by atoms with Gasteiger partial charge in [0.15, 0.2) is 0 Å². The summed E-state index contributed by atoms with van der Waals surface area (Å²) in [6.07, 6.45) is 4.13. The number of anilines is 1. The molecule has 0 bridgehead atoms. The molecule has 0 amide bonds. The maximum Gasteiger partial charge on any atom is 0.101 e. The average Bonchev–Trinajstić information content (AvgIpc) is 2.40. The Hall–Kier alpha value is -1.71. The lowest BCUT2D eigenvalue weighted by Gasteiger charge is -2.28. The minimum atomic E-state index is 0.0178. The van der Waals surface area contributed by atoms with Crippen LogP contribution in [0.3, 0.4) is 0 Å². The molecule has 92 valence electrons. The minimum Gasteiger partial charge on any atom is -0.380 e. The fraction of sp³-hybridized carbons (Fsp3) is 0.429. The van der Waals surface area contributed by atoms with E-state index in [0.29, 0.717) is 10.6 Å². The van der Waals surface area contributed by atoms with Gasteiger partial charge in [-0.15, -0.1) is 0 Å². The maximum absolute atomic E-state index is 9.14. The zero-order valence-electron chi connectivity index (χ0n) is 9.99. The molecule has 1 N–H and O–H groups in total. The average molecular weight is 260 g/mol. The number of benzene rings is 1. The standard InChI is InChI=1S/C14H14ClN3/c15-12-6-5-11(9-17)14(7-12)18-13-4-2-1-3-10(13)8-16/h5-7,10,13,18H,1-4H2. The summed E-state index contributed by atoms with van der Waals surface area (Å²) in [4.78, 5) is 0. The molecule has 2 rings (SSSR count). The van der Waals surface area contributed by atoms with Crippen molar-refractivity contribution >= 4 is 17.3 Å². The molecule has 0 aliphatic heterocycles. The molecule has 4 heteroatoms. The zero-order chi connectivity index (χ0) is 13.0. The largest absolute Gasteiger partial charge is 0.380 e. The van der Waals surface area contributed by atoms with Gasteiger partial charge in [0, 0.05) is 11.1 Å². The van der Waals surface area contributed by atoms with Gasteiger partial charge in [-0.05, 0) is 31.0 Å². The van der Waals surface area contributed by atoms with Crippen molar-refractivity contribution in [2.45, 2.75) is 31.7 Å². The van der Waals surface area contributed by atoms with Crippen molar-refractivity contribution in [2.75, 3.05) is 5.32 Å². The van der Waals surface area contributed by atoms with Gasteiger partial charge < -0.3 is 5.32 Å². The van der Waals surface area contributed by atoms with E-state index < -0.39 is 0 Å². The Bertz CT molecular complexity index is 513. The van der Waals surface area contributed by atoms with E-state index in [4.69, 9.17) is 22.1 Å². The second kappa shape index (κ2) is 5.76. The predicted molar refractivity (Wildman–Crippen MR) is 71.1 cm³/mol. The normalized spacial score (nSPS) is 22.8. The highest BCUT2D eigenvalue weighted by molar-refractivity contribution is 6.30. The summed E-state index contributed by atoms with van der Waals surface area (Å²) in [5.74, 6) is 0.0178. The van der Waals surface area contributed by atoms with E-state index >= 15 is 0 Å². The third-order valence-electron chi connectivity index (χ3n) is 3.37. The fourth-order valence-electron chi connectivity index (χ4n) is 2.39. The van der Waals surface area contributed by atoms with Crippen LogP contribution in [0.1, 0.15) is 31.2 Å². The summed E-state index contributed by atoms with van der Waals surface area (Å²) in [6.45, 7) is 0. The molecule has 1 aromatic rings. The molecule has 1 aliphatic rings. The molecule has 0 aromatic heterocycles. The Morgan fingerprint density at radius 1 is 1.22 bits per heavy atom. The summed E-state index contributed by atoms with van der Waals surface area (Å²) in [6, 6.07) is 9.77. The lowest BCUT2D eigenvalue weighted by Crippen LogP contribution is -2.31. The molecule has 0 radical (unpaired) electrons. The van der Waals surface area contributed by atoms with Crippen molar-refractivity contribution in [1.82, 2.24) is 0 Å². The molecular weight excluding hydrogens is 246 g/mol. The monoisotopic (exact) mass is 259 g/mol. The van der Waals surface area contributed by atoms with Crippen LogP contribution in [0.15, 0.2) is 18.2 Å². The molecule has 1 saturated carbocycles. The summed E-state index contributed by atoms with van der Waals surface area (Å²) in [7, 11) is 0. The van der Waals surface area contributed by atoms with Crippen molar-refractivity contribution in [3.63, 3.8) is 0 Å². The number of nitrogens with one attached hydrogen (secondary N) is 1. The molecule has 0 spiro atoms. The van der Waals surface area contributed by atoms with Gasteiger partial charge >= 0.3 is 0 Å². The molecule has 1 fully saturated rings. The van der Waals surface area contributed by atoms with E-state index in [-0.39, 0.29) is 12.0 Å². The molecule has 0 saturated heterocycles. The first-order valence-corrected chi connectivity index (χ1v) is 6.48. The Balaban J connectivity index is 2.20. The highest BCUT2D eigenvalue weighted by Crippen LogP contribution is 2.29. The molecule has 2 unspecified atom stereocenters. The van der Waals surface area contributed by atoms with Crippen LogP contribution in [0.25, 0.3) is 0 Å². The highest BCUT2D eigenvalue weighted by Gasteiger charge is 2.25. The van der Waals surface area contributed by atoms with Crippen molar-refractivity contribution in [3.8, 4) is 12.1 Å². The van der Waals surface area contributed by atoms with Gasteiger partial charge in [0.1, 0.15) is 6.07 Å². The second-order valence-electron chi connectivity index (χ2n) is 4.57. The second-order valence-corrected chi connectivity index (χ2v) is 5.01. The Morgan fingerprint density at radius 3 is 2.72 bits per heavy atom. The van der Waals surface area contributed by atoms with Crippen LogP contribution in [-0.4, -0.2) is 6.04 Å². The van der Waals surface area contributed by atoms with Crippen LogP contribution >= 0.6 is 11.6 Å². The van der Waals surface area contributed by atoms with E-state index in [1.165, 1.54) is 0 Å². The highest BCUT2D eigenvalue weighted by atomic mass is 35.5. The van der Waals surface area contributed by atoms with Gasteiger partial charge in [0.05, 0.1) is 23.2 Å². The molecule has 3 nitrogen and oxygen atoms in total. The Kier molecular flexibility index (Phi) is 4.07. The zero-order valence-corrected chi connectivity index (χ0v) is 10.7. The number of halogens is 1. The quantitative estimate of drug-likeness (QED) is 0.881. The first kappa shape index (κ1) is 12.7. The van der Waals surface area contributed by atoms with Gasteiger partial charge in [-0.1, -0.05) is 24.4 Å². The number of hydrogen-bond acceptors (Lipinski definition) is 3. The van der Waals surface area contributed by atoms with E-state index in [1.807, 2.05) is 0 Å². The van der Waals surface area contributed by atoms with Crippen molar-refractivity contribution < 1.29 is 0 Å². The van der Waals surface area contributed by atoms with Crippen molar-refractivity contribution in [3.05, 3.63) is 28.8 Å². The van der Waals surface area contributed by atoms with Crippen LogP contribution < -0.4 is 5.32 Å². The van der Waals surface area contributed by atoms with Gasteiger partial charge in [-0.25, -0.2) is 0 Å². The Morgan fingerprint density at radius 2 is 2.00 bits per heavy atom. The minimum absolute atomic E-state index is 0.0178. The summed E-state index contributed by atoms with van der Waals surface area (Å²) in [5.41, 5.74) is 1.30. The topological polar surface area (TPSA) is 59.6 Å². The smallest absolute Gasteiger partial charge is 0.101 e. The van der Waals surface area contributed by atoms with E-state index in [9.17, 15) is 0 Å². The maximum atomic E-state index is 9.14. The number of rotatable bonds is 2. The number of nitrogens with zero attached hydrogens (tertiary/aromatic N) is 2. The van der Waals surface area contributed by atoms with Gasteiger partial charge in [-0.3, -0.25) is 0 Å². The van der Waals surface area contributed by atoms with Gasteiger partial charge in [-0.2, -0.15) is 10.5 Å². The summed E-state index contributed by atoms with van der Waals surface area (Å²) >= 11 is 5.95. The first-order valence-electron chi connectivity index (χ1n) is 6.10. The van der Waals surface area contributed by atoms with Gasteiger partial charge in [0.2, 0.25) is 0 Å². The number of nitriles is 2. The molecule has 18 heavy (non-hydrogen) atoms. The molecular formula is C14H14ClN3. The molecule has 1 aliphatic carbocycles. The first-order chi connectivity index (χ1) is 8.74. The van der Waals surface area contributed by atoms with E-state index in [0.717, 1.165) is 31.4 Å². The molecule has 2 atom stereocenters. The van der Waals surface area contributed by atoms with Gasteiger partial charge in [0.25, 0.3) is 0 Å². The van der Waals surface area contributed by atoms with Crippen LogP contribution in [0.5, 0.6) is 0 Å². The summed E-state index contributed by atoms with van der Waals surface area (Å²) < 4.78 is 0. The van der Waals surface area contributed by atoms with E-state index in [2.05, 4.69) is 17.5 Å². The fourth-order valence-corrected chi connectivity index (χ4v) is 2.56. The lowest BCUT2D eigenvalue weighted by atomic mass is 9.85.